The van der Waals surface area contributed by atoms with Gasteiger partial charge in [0.2, 0.25) is 6.23 Å². The minimum atomic E-state index is -0.319. The molecule has 0 aliphatic carbocycles. The van der Waals surface area contributed by atoms with Crippen molar-refractivity contribution in [1.82, 2.24) is 9.99 Å². The zero-order valence-corrected chi connectivity index (χ0v) is 16.6. The molecule has 0 spiro atoms. The molecule has 5 rings (SSSR count). The van der Waals surface area contributed by atoms with Crippen LogP contribution in [0.25, 0.3) is 0 Å². The molecular weight excluding hydrogens is 362 g/mol. The zero-order chi connectivity index (χ0) is 19.8. The van der Waals surface area contributed by atoms with Crippen LogP contribution in [-0.2, 0) is 0 Å². The normalized spacial score (nSPS) is 19.8. The van der Waals surface area contributed by atoms with Crippen molar-refractivity contribution in [3.8, 4) is 11.5 Å². The fraction of sp³-hybridized carbons (Fsp3) is 0.250. The minimum absolute atomic E-state index is 0.105. The molecular formula is C24H23N3O2. The third-order valence-corrected chi connectivity index (χ3v) is 5.46. The lowest BCUT2D eigenvalue weighted by Gasteiger charge is -2.38. The van der Waals surface area contributed by atoms with E-state index in [9.17, 15) is 0 Å². The number of benzene rings is 2. The van der Waals surface area contributed by atoms with Gasteiger partial charge in [0.05, 0.1) is 18.4 Å². The van der Waals surface area contributed by atoms with E-state index in [0.29, 0.717) is 6.61 Å². The van der Waals surface area contributed by atoms with E-state index < -0.39 is 0 Å². The van der Waals surface area contributed by atoms with Gasteiger partial charge in [0.25, 0.3) is 0 Å². The zero-order valence-electron chi connectivity index (χ0n) is 16.6. The quantitative estimate of drug-likeness (QED) is 0.632. The summed E-state index contributed by atoms with van der Waals surface area (Å²) in [6, 6.07) is 18.7. The van der Waals surface area contributed by atoms with Gasteiger partial charge in [-0.3, -0.25) is 4.98 Å². The van der Waals surface area contributed by atoms with E-state index in [1.54, 1.807) is 12.4 Å². The number of ether oxygens (including phenoxy) is 2. The van der Waals surface area contributed by atoms with Crippen LogP contribution in [0.3, 0.4) is 0 Å². The van der Waals surface area contributed by atoms with E-state index in [2.05, 4.69) is 47.2 Å². The van der Waals surface area contributed by atoms with E-state index in [1.165, 1.54) is 5.56 Å². The molecule has 146 valence electrons. The molecule has 0 saturated carbocycles. The lowest BCUT2D eigenvalue weighted by atomic mass is 9.95. The highest BCUT2D eigenvalue weighted by Crippen LogP contribution is 2.50. The van der Waals surface area contributed by atoms with Gasteiger partial charge in [0.1, 0.15) is 0 Å². The fourth-order valence-corrected chi connectivity index (χ4v) is 4.02. The van der Waals surface area contributed by atoms with Crippen LogP contribution in [0, 0.1) is 6.92 Å². The van der Waals surface area contributed by atoms with Gasteiger partial charge in [-0.25, -0.2) is 5.01 Å². The summed E-state index contributed by atoms with van der Waals surface area (Å²) in [4.78, 5) is 4.15. The first-order valence-corrected chi connectivity index (χ1v) is 9.99. The number of aryl methyl sites for hydroxylation is 1. The summed E-state index contributed by atoms with van der Waals surface area (Å²) < 4.78 is 12.4. The van der Waals surface area contributed by atoms with Crippen molar-refractivity contribution in [3.63, 3.8) is 0 Å². The van der Waals surface area contributed by atoms with Gasteiger partial charge >= 0.3 is 0 Å². The van der Waals surface area contributed by atoms with Gasteiger partial charge < -0.3 is 9.47 Å². The first kappa shape index (κ1) is 17.7. The van der Waals surface area contributed by atoms with Crippen molar-refractivity contribution in [3.05, 3.63) is 89.2 Å². The van der Waals surface area contributed by atoms with Crippen molar-refractivity contribution < 1.29 is 9.47 Å². The van der Waals surface area contributed by atoms with Crippen LogP contribution in [0.4, 0.5) is 0 Å². The summed E-state index contributed by atoms with van der Waals surface area (Å²) in [5.41, 5.74) is 5.62. The van der Waals surface area contributed by atoms with E-state index in [0.717, 1.165) is 40.3 Å². The van der Waals surface area contributed by atoms with Gasteiger partial charge in [0.15, 0.2) is 11.5 Å². The number of pyridine rings is 1. The lowest BCUT2D eigenvalue weighted by molar-refractivity contribution is -0.0212. The predicted octanol–water partition coefficient (Wildman–Crippen LogP) is 5.03. The maximum atomic E-state index is 6.48. The Balaban J connectivity index is 1.60. The first-order chi connectivity index (χ1) is 14.2. The number of hydrazone groups is 1. The van der Waals surface area contributed by atoms with Crippen LogP contribution in [0.1, 0.15) is 47.9 Å². The SMILES string of the molecule is CCOc1cccc2c1O[C@H](c1ccncc1)N1N=C(c3ccc(C)cc3)C[C@@H]21. The number of fused-ring (bicyclic) bond motifs is 3. The van der Waals surface area contributed by atoms with Gasteiger partial charge in [-0.15, -0.1) is 0 Å². The Hall–Kier alpha value is -3.34. The van der Waals surface area contributed by atoms with Crippen LogP contribution >= 0.6 is 0 Å². The Morgan fingerprint density at radius 3 is 2.62 bits per heavy atom. The van der Waals surface area contributed by atoms with Crippen LogP contribution in [-0.4, -0.2) is 22.3 Å². The van der Waals surface area contributed by atoms with Crippen LogP contribution in [0.2, 0.25) is 0 Å². The predicted molar refractivity (Wildman–Crippen MR) is 112 cm³/mol. The molecule has 3 aromatic rings. The number of para-hydroxylation sites is 1. The standard InChI is InChI=1S/C24H23N3O2/c1-3-28-22-6-4-5-19-21-15-20(17-9-7-16(2)8-10-17)26-27(21)24(29-23(19)22)18-11-13-25-14-12-18/h4-14,21,24H,3,15H2,1-2H3/t21-,24+/m0/s1. The Bertz CT molecular complexity index is 1050. The third-order valence-electron chi connectivity index (χ3n) is 5.46. The molecule has 5 nitrogen and oxygen atoms in total. The van der Waals surface area contributed by atoms with E-state index in [-0.39, 0.29) is 12.3 Å². The molecule has 2 atom stereocenters. The van der Waals surface area contributed by atoms with Gasteiger partial charge in [-0.2, -0.15) is 5.10 Å². The van der Waals surface area contributed by atoms with Crippen LogP contribution in [0.5, 0.6) is 11.5 Å². The minimum Gasteiger partial charge on any atom is -0.490 e. The van der Waals surface area contributed by atoms with Crippen molar-refractivity contribution >= 4 is 5.71 Å². The third kappa shape index (κ3) is 3.12. The first-order valence-electron chi connectivity index (χ1n) is 9.99. The van der Waals surface area contributed by atoms with E-state index in [1.807, 2.05) is 31.2 Å². The Labute approximate surface area is 170 Å². The average molecular weight is 385 g/mol. The van der Waals surface area contributed by atoms with Crippen molar-refractivity contribution in [2.24, 2.45) is 5.10 Å². The van der Waals surface area contributed by atoms with Gasteiger partial charge in [-0.05, 0) is 37.6 Å². The molecule has 0 radical (unpaired) electrons. The summed E-state index contributed by atoms with van der Waals surface area (Å²) in [6.07, 6.45) is 4.09. The Kier molecular flexibility index (Phi) is 4.43. The summed E-state index contributed by atoms with van der Waals surface area (Å²) in [5.74, 6) is 1.60. The molecule has 0 saturated heterocycles. The topological polar surface area (TPSA) is 47.0 Å². The number of nitrogens with zero attached hydrogens (tertiary/aromatic N) is 3. The smallest absolute Gasteiger partial charge is 0.214 e. The molecule has 29 heavy (non-hydrogen) atoms. The highest BCUT2D eigenvalue weighted by atomic mass is 16.5. The molecule has 0 bridgehead atoms. The van der Waals surface area contributed by atoms with E-state index in [4.69, 9.17) is 14.6 Å². The highest BCUT2D eigenvalue weighted by Gasteiger charge is 2.42. The summed E-state index contributed by atoms with van der Waals surface area (Å²) in [5, 5.41) is 7.09. The Morgan fingerprint density at radius 2 is 1.86 bits per heavy atom. The molecule has 5 heteroatoms. The van der Waals surface area contributed by atoms with Gasteiger partial charge in [0, 0.05) is 29.9 Å². The molecule has 2 aliphatic heterocycles. The monoisotopic (exact) mass is 385 g/mol. The molecule has 0 fully saturated rings. The number of hydrogen-bond donors (Lipinski definition) is 0. The van der Waals surface area contributed by atoms with Crippen molar-refractivity contribution in [2.45, 2.75) is 32.5 Å². The lowest BCUT2D eigenvalue weighted by Crippen LogP contribution is -2.33. The number of aromatic nitrogens is 1. The molecule has 2 aromatic carbocycles. The molecule has 0 unspecified atom stereocenters. The van der Waals surface area contributed by atoms with Crippen LogP contribution < -0.4 is 9.47 Å². The van der Waals surface area contributed by atoms with Crippen molar-refractivity contribution in [1.29, 1.82) is 0 Å². The second-order valence-electron chi connectivity index (χ2n) is 7.37. The molecule has 0 amide bonds. The number of rotatable bonds is 4. The van der Waals surface area contributed by atoms with Gasteiger partial charge in [-0.1, -0.05) is 42.0 Å². The summed E-state index contributed by atoms with van der Waals surface area (Å²) in [7, 11) is 0. The Morgan fingerprint density at radius 1 is 1.07 bits per heavy atom. The van der Waals surface area contributed by atoms with Crippen molar-refractivity contribution in [2.75, 3.05) is 6.61 Å². The maximum Gasteiger partial charge on any atom is 0.214 e. The summed E-state index contributed by atoms with van der Waals surface area (Å²) in [6.45, 7) is 4.69. The molecule has 2 aliphatic rings. The molecule has 0 N–H and O–H groups in total. The summed E-state index contributed by atoms with van der Waals surface area (Å²) >= 11 is 0. The largest absolute Gasteiger partial charge is 0.490 e. The molecule has 3 heterocycles. The molecule has 1 aromatic heterocycles. The average Bonchev–Trinajstić information content (AvgIpc) is 3.20. The maximum absolute atomic E-state index is 6.48. The second kappa shape index (κ2) is 7.24. The van der Waals surface area contributed by atoms with Crippen LogP contribution in [0.15, 0.2) is 72.1 Å². The second-order valence-corrected chi connectivity index (χ2v) is 7.37. The number of hydrogen-bond acceptors (Lipinski definition) is 5. The highest BCUT2D eigenvalue weighted by molar-refractivity contribution is 6.02. The fourth-order valence-electron chi connectivity index (χ4n) is 4.02. The van der Waals surface area contributed by atoms with E-state index >= 15 is 0 Å².